The summed E-state index contributed by atoms with van der Waals surface area (Å²) in [5.74, 6) is 1.96. The molecule has 1 aromatic heterocycles. The van der Waals surface area contributed by atoms with Crippen LogP contribution in [0.3, 0.4) is 0 Å². The molecule has 0 unspecified atom stereocenters. The zero-order valence-electron chi connectivity index (χ0n) is 21.2. The van der Waals surface area contributed by atoms with E-state index in [4.69, 9.17) is 14.2 Å². The van der Waals surface area contributed by atoms with E-state index in [1.807, 2.05) is 60.0 Å². The molecule has 38 heavy (non-hydrogen) atoms. The van der Waals surface area contributed by atoms with Crippen LogP contribution in [-0.2, 0) is 4.79 Å². The minimum Gasteiger partial charge on any atom is -0.504 e. The van der Waals surface area contributed by atoms with E-state index in [-0.39, 0.29) is 17.4 Å². The van der Waals surface area contributed by atoms with Crippen molar-refractivity contribution < 1.29 is 28.7 Å². The predicted octanol–water partition coefficient (Wildman–Crippen LogP) is 3.72. The molecule has 0 fully saturated rings. The Morgan fingerprint density at radius 2 is 1.87 bits per heavy atom. The monoisotopic (exact) mass is 534 g/mol. The molecule has 11 heteroatoms. The number of hydrogen-bond acceptors (Lipinski definition) is 8. The first-order valence-electron chi connectivity index (χ1n) is 11.7. The van der Waals surface area contributed by atoms with Gasteiger partial charge in [-0.3, -0.25) is 4.79 Å². The molecule has 4 rings (SSSR count). The summed E-state index contributed by atoms with van der Waals surface area (Å²) in [6.45, 7) is 2.25. The summed E-state index contributed by atoms with van der Waals surface area (Å²) >= 11 is 1.25. The van der Waals surface area contributed by atoms with Gasteiger partial charge in [-0.15, -0.1) is 5.10 Å². The molecule has 0 aliphatic carbocycles. The van der Waals surface area contributed by atoms with E-state index in [1.165, 1.54) is 18.0 Å². The molecule has 0 spiro atoms. The van der Waals surface area contributed by atoms with E-state index in [9.17, 15) is 9.90 Å². The molecule has 3 N–H and O–H groups in total. The molecule has 0 atom stereocenters. The molecule has 1 amide bonds. The molecule has 1 heterocycles. The molecule has 0 saturated heterocycles. The van der Waals surface area contributed by atoms with E-state index in [1.54, 1.807) is 32.4 Å². The lowest BCUT2D eigenvalue weighted by molar-refractivity contribution is -0.625. The molecular formula is C27H28N5O5S+. The average molecular weight is 535 g/mol. The van der Waals surface area contributed by atoms with Gasteiger partial charge in [0.15, 0.2) is 23.0 Å². The number of aromatic hydroxyl groups is 1. The summed E-state index contributed by atoms with van der Waals surface area (Å²) in [6, 6.07) is 20.4. The van der Waals surface area contributed by atoms with Gasteiger partial charge in [-0.05, 0) is 61.2 Å². The highest BCUT2D eigenvalue weighted by Crippen LogP contribution is 2.32. The second-order valence-electron chi connectivity index (χ2n) is 7.80. The van der Waals surface area contributed by atoms with Crippen molar-refractivity contribution in [3.8, 4) is 40.1 Å². The van der Waals surface area contributed by atoms with Gasteiger partial charge in [-0.2, -0.15) is 9.67 Å². The predicted molar refractivity (Wildman–Crippen MR) is 144 cm³/mol. The fraction of sp³-hybridized carbons (Fsp3) is 0.185. The van der Waals surface area contributed by atoms with Crippen molar-refractivity contribution in [3.05, 3.63) is 72.3 Å². The van der Waals surface area contributed by atoms with E-state index < -0.39 is 0 Å². The highest BCUT2D eigenvalue weighted by Gasteiger charge is 2.25. The molecule has 10 nitrogen and oxygen atoms in total. The Balaban J connectivity index is 1.51. The Hall–Kier alpha value is -4.51. The topological polar surface area (TPSA) is 122 Å². The number of benzene rings is 3. The first-order valence-corrected chi connectivity index (χ1v) is 12.7. The maximum atomic E-state index is 12.5. The number of carbonyl (C=O) groups excluding carboxylic acids is 1. The molecule has 0 saturated carbocycles. The summed E-state index contributed by atoms with van der Waals surface area (Å²) in [7, 11) is 3.17. The van der Waals surface area contributed by atoms with Crippen LogP contribution in [0.25, 0.3) is 17.1 Å². The Labute approximate surface area is 224 Å². The molecule has 4 aromatic rings. The fourth-order valence-electron chi connectivity index (χ4n) is 3.64. The number of H-pyrrole nitrogens is 1. The van der Waals surface area contributed by atoms with Crippen LogP contribution in [0.15, 0.2) is 77.0 Å². The van der Waals surface area contributed by atoms with Gasteiger partial charge in [0.25, 0.3) is 11.7 Å². The lowest BCUT2D eigenvalue weighted by atomic mass is 10.2. The van der Waals surface area contributed by atoms with Gasteiger partial charge in [0.05, 0.1) is 43.5 Å². The first kappa shape index (κ1) is 26.6. The van der Waals surface area contributed by atoms with Crippen molar-refractivity contribution in [2.24, 2.45) is 5.10 Å². The summed E-state index contributed by atoms with van der Waals surface area (Å²) in [6.07, 6.45) is 1.37. The Kier molecular flexibility index (Phi) is 8.83. The summed E-state index contributed by atoms with van der Waals surface area (Å²) in [5, 5.41) is 22.4. The molecule has 0 aliphatic rings. The number of rotatable bonds is 11. The van der Waals surface area contributed by atoms with Crippen LogP contribution in [0.5, 0.6) is 23.0 Å². The summed E-state index contributed by atoms with van der Waals surface area (Å²) in [4.78, 5) is 12.5. The van der Waals surface area contributed by atoms with Crippen molar-refractivity contribution in [2.45, 2.75) is 12.1 Å². The number of methoxy groups -OCH3 is 2. The number of para-hydroxylation sites is 2. The molecule has 0 radical (unpaired) electrons. The van der Waals surface area contributed by atoms with Gasteiger partial charge in [-0.25, -0.2) is 5.43 Å². The minimum absolute atomic E-state index is 0.0372. The number of nitrogens with zero attached hydrogens (tertiary/aromatic N) is 3. The third-order valence-electron chi connectivity index (χ3n) is 5.40. The first-order chi connectivity index (χ1) is 18.5. The van der Waals surface area contributed by atoms with Crippen molar-refractivity contribution in [2.75, 3.05) is 26.6 Å². The lowest BCUT2D eigenvalue weighted by Gasteiger charge is -2.09. The van der Waals surface area contributed by atoms with Crippen LogP contribution < -0.4 is 24.2 Å². The number of carbonyl (C=O) groups is 1. The standard InChI is InChI=1S/C27H27N5O5S/c1-4-37-22-12-8-9-19(25(22)34)16-28-29-24(33)17-38-27-31-30-26(32(27)20-10-6-5-7-11-20)18-13-14-21(35-2)23(15-18)36-3/h5-16H,4,17H2,1-3H3,(H2,28,29,33,34)/p+1. The molecule has 196 valence electrons. The van der Waals surface area contributed by atoms with Crippen LogP contribution in [0, 0.1) is 0 Å². The largest absolute Gasteiger partial charge is 0.504 e. The number of nitrogens with one attached hydrogen (secondary N) is 2. The summed E-state index contributed by atoms with van der Waals surface area (Å²) < 4.78 is 18.1. The lowest BCUT2D eigenvalue weighted by Crippen LogP contribution is -2.34. The zero-order chi connectivity index (χ0) is 26.9. The Bertz CT molecular complexity index is 1420. The van der Waals surface area contributed by atoms with Crippen molar-refractivity contribution >= 4 is 23.9 Å². The number of phenols is 1. The molecule has 0 bridgehead atoms. The zero-order valence-corrected chi connectivity index (χ0v) is 22.0. The maximum absolute atomic E-state index is 12.5. The number of hydrazone groups is 1. The Morgan fingerprint density at radius 3 is 2.61 bits per heavy atom. The number of phenolic OH excluding ortho intramolecular Hbond substituents is 1. The van der Waals surface area contributed by atoms with Crippen molar-refractivity contribution in [1.29, 1.82) is 0 Å². The second-order valence-corrected chi connectivity index (χ2v) is 8.75. The highest BCUT2D eigenvalue weighted by molar-refractivity contribution is 7.99. The van der Waals surface area contributed by atoms with Crippen LogP contribution in [-0.4, -0.2) is 54.0 Å². The third-order valence-corrected chi connectivity index (χ3v) is 6.34. The summed E-state index contributed by atoms with van der Waals surface area (Å²) in [5.41, 5.74) is 4.61. The van der Waals surface area contributed by atoms with Gasteiger partial charge in [0.2, 0.25) is 0 Å². The van der Waals surface area contributed by atoms with Gasteiger partial charge < -0.3 is 19.3 Å². The van der Waals surface area contributed by atoms with Gasteiger partial charge in [-0.1, -0.05) is 24.3 Å². The van der Waals surface area contributed by atoms with Gasteiger partial charge in [0.1, 0.15) is 5.69 Å². The average Bonchev–Trinajstić information content (AvgIpc) is 3.38. The van der Waals surface area contributed by atoms with Gasteiger partial charge >= 0.3 is 5.16 Å². The molecule has 0 aliphatic heterocycles. The third kappa shape index (κ3) is 6.06. The van der Waals surface area contributed by atoms with Crippen LogP contribution >= 0.6 is 11.8 Å². The van der Waals surface area contributed by atoms with Crippen molar-refractivity contribution in [3.63, 3.8) is 0 Å². The second kappa shape index (κ2) is 12.6. The number of aromatic nitrogens is 3. The number of amides is 1. The van der Waals surface area contributed by atoms with Gasteiger partial charge in [0, 0.05) is 5.56 Å². The van der Waals surface area contributed by atoms with E-state index >= 15 is 0 Å². The Morgan fingerprint density at radius 1 is 1.08 bits per heavy atom. The number of aromatic amines is 1. The quantitative estimate of drug-likeness (QED) is 0.116. The SMILES string of the molecule is CCOc1cccc(/C=N\NC(=O)CSc2n[nH]c(-c3ccc(OC)c(OC)c3)[n+]2-c2ccccc2)c1O. The minimum atomic E-state index is -0.331. The van der Waals surface area contributed by atoms with Crippen LogP contribution in [0.4, 0.5) is 0 Å². The smallest absolute Gasteiger partial charge is 0.342 e. The van der Waals surface area contributed by atoms with E-state index in [0.29, 0.717) is 40.4 Å². The normalized spacial score (nSPS) is 10.9. The molecule has 3 aromatic carbocycles. The van der Waals surface area contributed by atoms with E-state index in [0.717, 1.165) is 11.3 Å². The highest BCUT2D eigenvalue weighted by atomic mass is 32.2. The maximum Gasteiger partial charge on any atom is 0.342 e. The number of hydrogen-bond donors (Lipinski definition) is 3. The fourth-order valence-corrected chi connectivity index (χ4v) is 4.40. The van der Waals surface area contributed by atoms with E-state index in [2.05, 4.69) is 20.7 Å². The van der Waals surface area contributed by atoms with Crippen LogP contribution in [0.1, 0.15) is 12.5 Å². The molecular weight excluding hydrogens is 506 g/mol. The van der Waals surface area contributed by atoms with Crippen LogP contribution in [0.2, 0.25) is 0 Å². The van der Waals surface area contributed by atoms with Crippen molar-refractivity contribution in [1.82, 2.24) is 15.6 Å². The number of ether oxygens (including phenoxy) is 3. The number of thioether (sulfide) groups is 1.